The van der Waals surface area contributed by atoms with Gasteiger partial charge in [0.1, 0.15) is 5.82 Å². The van der Waals surface area contributed by atoms with E-state index in [4.69, 9.17) is 5.73 Å². The van der Waals surface area contributed by atoms with Crippen LogP contribution in [0.2, 0.25) is 0 Å². The van der Waals surface area contributed by atoms with E-state index < -0.39 is 16.6 Å². The van der Waals surface area contributed by atoms with E-state index in [0.29, 0.717) is 29.2 Å². The topological polar surface area (TPSA) is 86.7 Å². The lowest BCUT2D eigenvalue weighted by molar-refractivity contribution is 0.470. The Kier molecular flexibility index (Phi) is 4.43. The number of aromatic nitrogens is 4. The first kappa shape index (κ1) is 14.6. The predicted molar refractivity (Wildman–Crippen MR) is 75.9 cm³/mol. The highest BCUT2D eigenvalue weighted by molar-refractivity contribution is 7.84. The largest absolute Gasteiger partial charge is 0.399 e. The maximum atomic E-state index is 13.4. The van der Waals surface area contributed by atoms with Crippen molar-refractivity contribution in [3.8, 4) is 11.4 Å². The smallest absolute Gasteiger partial charge is 0.182 e. The van der Waals surface area contributed by atoms with E-state index in [1.807, 2.05) is 6.92 Å². The molecule has 0 bridgehead atoms. The number of nitrogens with two attached hydrogens (primary N) is 1. The molecule has 0 aliphatic heterocycles. The average Bonchev–Trinajstić information content (AvgIpc) is 2.83. The fourth-order valence-electron chi connectivity index (χ4n) is 1.88. The summed E-state index contributed by atoms with van der Waals surface area (Å²) in [6.07, 6.45) is 2.33. The molecule has 0 amide bonds. The molecule has 2 atom stereocenters. The van der Waals surface area contributed by atoms with Crippen LogP contribution in [0.4, 0.5) is 10.1 Å². The number of hydrogen-bond acceptors (Lipinski definition) is 5. The summed E-state index contributed by atoms with van der Waals surface area (Å²) in [6, 6.07) is 4.16. The Labute approximate surface area is 118 Å². The van der Waals surface area contributed by atoms with E-state index >= 15 is 0 Å². The van der Waals surface area contributed by atoms with Gasteiger partial charge in [-0.05, 0) is 42.0 Å². The second-order valence-electron chi connectivity index (χ2n) is 4.64. The first-order valence-electron chi connectivity index (χ1n) is 6.11. The van der Waals surface area contributed by atoms with Gasteiger partial charge in [-0.1, -0.05) is 0 Å². The molecule has 108 valence electrons. The zero-order valence-corrected chi connectivity index (χ0v) is 12.1. The van der Waals surface area contributed by atoms with Crippen LogP contribution in [0.3, 0.4) is 0 Å². The number of nitrogen functional groups attached to an aromatic ring is 1. The van der Waals surface area contributed by atoms with Crippen LogP contribution in [-0.4, -0.2) is 36.4 Å². The maximum Gasteiger partial charge on any atom is 0.182 e. The number of tetrazole rings is 1. The van der Waals surface area contributed by atoms with Gasteiger partial charge in [-0.3, -0.25) is 4.21 Å². The van der Waals surface area contributed by atoms with Crippen molar-refractivity contribution in [2.45, 2.75) is 19.4 Å². The molecule has 2 N–H and O–H groups in total. The fraction of sp³-hybridized carbons (Fsp3) is 0.417. The van der Waals surface area contributed by atoms with Gasteiger partial charge in [0.05, 0.1) is 6.04 Å². The summed E-state index contributed by atoms with van der Waals surface area (Å²) < 4.78 is 26.2. The Morgan fingerprint density at radius 3 is 2.85 bits per heavy atom. The third-order valence-electron chi connectivity index (χ3n) is 2.91. The molecule has 8 heteroatoms. The molecule has 0 aliphatic rings. The highest BCUT2D eigenvalue weighted by Crippen LogP contribution is 2.23. The number of benzene rings is 1. The first-order chi connectivity index (χ1) is 9.47. The van der Waals surface area contributed by atoms with Crippen molar-refractivity contribution >= 4 is 16.5 Å². The van der Waals surface area contributed by atoms with Crippen molar-refractivity contribution in [3.05, 3.63) is 24.0 Å². The van der Waals surface area contributed by atoms with E-state index in [2.05, 4.69) is 15.5 Å². The molecule has 0 saturated carbocycles. The zero-order valence-electron chi connectivity index (χ0n) is 11.3. The Bertz CT molecular complexity index is 610. The molecule has 6 nitrogen and oxygen atoms in total. The van der Waals surface area contributed by atoms with Crippen molar-refractivity contribution < 1.29 is 8.60 Å². The van der Waals surface area contributed by atoms with Gasteiger partial charge in [-0.2, -0.15) is 0 Å². The Hall–Kier alpha value is -1.83. The van der Waals surface area contributed by atoms with Crippen molar-refractivity contribution in [2.24, 2.45) is 0 Å². The Morgan fingerprint density at radius 2 is 2.20 bits per heavy atom. The van der Waals surface area contributed by atoms with Crippen molar-refractivity contribution in [1.82, 2.24) is 20.2 Å². The van der Waals surface area contributed by atoms with E-state index in [0.717, 1.165) is 0 Å². The van der Waals surface area contributed by atoms with Crippen LogP contribution in [0.15, 0.2) is 18.2 Å². The minimum absolute atomic E-state index is 0.0339. The van der Waals surface area contributed by atoms with Crippen LogP contribution < -0.4 is 5.73 Å². The summed E-state index contributed by atoms with van der Waals surface area (Å²) >= 11 is 0. The second kappa shape index (κ2) is 6.08. The van der Waals surface area contributed by atoms with Crippen LogP contribution in [0.1, 0.15) is 19.4 Å². The minimum Gasteiger partial charge on any atom is -0.399 e. The molecule has 2 aromatic rings. The Balaban J connectivity index is 2.30. The van der Waals surface area contributed by atoms with Crippen molar-refractivity contribution in [1.29, 1.82) is 0 Å². The van der Waals surface area contributed by atoms with Gasteiger partial charge in [0.25, 0.3) is 0 Å². The third-order valence-corrected chi connectivity index (χ3v) is 3.72. The van der Waals surface area contributed by atoms with Gasteiger partial charge in [0.15, 0.2) is 5.82 Å². The lowest BCUT2D eigenvalue weighted by Gasteiger charge is -2.13. The number of nitrogens with zero attached hydrogens (tertiary/aromatic N) is 4. The molecule has 0 saturated heterocycles. The van der Waals surface area contributed by atoms with Crippen LogP contribution in [0, 0.1) is 5.82 Å². The van der Waals surface area contributed by atoms with Crippen molar-refractivity contribution in [2.75, 3.05) is 17.7 Å². The van der Waals surface area contributed by atoms with Crippen LogP contribution in [-0.2, 0) is 10.8 Å². The van der Waals surface area contributed by atoms with E-state index in [1.165, 1.54) is 12.1 Å². The zero-order chi connectivity index (χ0) is 14.7. The number of hydrogen-bond donors (Lipinski definition) is 1. The highest BCUT2D eigenvalue weighted by atomic mass is 32.2. The van der Waals surface area contributed by atoms with Crippen LogP contribution in [0.5, 0.6) is 0 Å². The molecule has 1 heterocycles. The molecular formula is C12H16FN5OS. The van der Waals surface area contributed by atoms with Gasteiger partial charge in [-0.25, -0.2) is 9.07 Å². The molecule has 20 heavy (non-hydrogen) atoms. The summed E-state index contributed by atoms with van der Waals surface area (Å²) in [6.45, 7) is 1.93. The monoisotopic (exact) mass is 297 g/mol. The summed E-state index contributed by atoms with van der Waals surface area (Å²) in [4.78, 5) is 0. The average molecular weight is 297 g/mol. The molecule has 0 fully saturated rings. The molecular weight excluding hydrogens is 281 g/mol. The first-order valence-corrected chi connectivity index (χ1v) is 7.84. The quantitative estimate of drug-likeness (QED) is 0.843. The lowest BCUT2D eigenvalue weighted by atomic mass is 10.1. The van der Waals surface area contributed by atoms with Crippen LogP contribution >= 0.6 is 0 Å². The van der Waals surface area contributed by atoms with Gasteiger partial charge < -0.3 is 5.73 Å². The molecule has 0 aliphatic carbocycles. The number of anilines is 1. The molecule has 2 unspecified atom stereocenters. The summed E-state index contributed by atoms with van der Waals surface area (Å²) in [5.41, 5.74) is 6.47. The SMILES string of the molecule is CC(CCS(C)=O)n1nnnc1-c1cc(N)cc(F)c1. The standard InChI is InChI=1S/C12H16FN5OS/c1-8(3-4-20(2)19)18-12(15-16-17-18)9-5-10(13)7-11(14)6-9/h5-8H,3-4,14H2,1-2H3. The fourth-order valence-corrected chi connectivity index (χ4v) is 2.55. The molecule has 1 aromatic carbocycles. The summed E-state index contributed by atoms with van der Waals surface area (Å²) in [5.74, 6) is 0.577. The molecule has 0 radical (unpaired) electrons. The summed E-state index contributed by atoms with van der Waals surface area (Å²) in [5, 5.41) is 11.5. The van der Waals surface area contributed by atoms with Gasteiger partial charge in [-0.15, -0.1) is 5.10 Å². The van der Waals surface area contributed by atoms with Gasteiger partial charge in [0, 0.05) is 34.1 Å². The molecule has 1 aromatic heterocycles. The molecule has 0 spiro atoms. The molecule has 2 rings (SSSR count). The van der Waals surface area contributed by atoms with Gasteiger partial charge in [0.2, 0.25) is 0 Å². The maximum absolute atomic E-state index is 13.4. The van der Waals surface area contributed by atoms with Gasteiger partial charge >= 0.3 is 0 Å². The minimum atomic E-state index is -0.868. The van der Waals surface area contributed by atoms with Crippen molar-refractivity contribution in [3.63, 3.8) is 0 Å². The van der Waals surface area contributed by atoms with Crippen LogP contribution in [0.25, 0.3) is 11.4 Å². The van der Waals surface area contributed by atoms with E-state index in [-0.39, 0.29) is 6.04 Å². The Morgan fingerprint density at radius 1 is 1.45 bits per heavy atom. The number of halogens is 1. The second-order valence-corrected chi connectivity index (χ2v) is 6.19. The third kappa shape index (κ3) is 3.38. The summed E-state index contributed by atoms with van der Waals surface area (Å²) in [7, 11) is -0.868. The normalized spacial score (nSPS) is 14.2. The lowest BCUT2D eigenvalue weighted by Crippen LogP contribution is -2.12. The van der Waals surface area contributed by atoms with E-state index in [9.17, 15) is 8.60 Å². The predicted octanol–water partition coefficient (Wildman–Crippen LogP) is 1.39. The van der Waals surface area contributed by atoms with E-state index in [1.54, 1.807) is 17.0 Å². The number of rotatable bonds is 5. The highest BCUT2D eigenvalue weighted by Gasteiger charge is 2.16.